The van der Waals surface area contributed by atoms with E-state index in [9.17, 15) is 4.79 Å². The van der Waals surface area contributed by atoms with E-state index in [4.69, 9.17) is 4.42 Å². The molecule has 0 aliphatic rings. The normalized spacial score (nSPS) is 10.9. The summed E-state index contributed by atoms with van der Waals surface area (Å²) in [4.78, 5) is 12.3. The molecular formula is C19H15N3O2S. The largest absolute Gasteiger partial charge is 0.421 e. The summed E-state index contributed by atoms with van der Waals surface area (Å²) in [6.45, 7) is 0. The number of aryl methyl sites for hydroxylation is 1. The van der Waals surface area contributed by atoms with Crippen LogP contribution in [-0.4, -0.2) is 16.1 Å². The van der Waals surface area contributed by atoms with Gasteiger partial charge in [0.25, 0.3) is 0 Å². The average molecular weight is 349 g/mol. The Labute approximate surface area is 148 Å². The van der Waals surface area contributed by atoms with Crippen molar-refractivity contribution >= 4 is 33.7 Å². The first-order valence-electron chi connectivity index (χ1n) is 7.92. The maximum Gasteiger partial charge on any atom is 0.248 e. The zero-order valence-electron chi connectivity index (χ0n) is 13.3. The number of hydrogen-bond donors (Lipinski definition) is 1. The molecule has 2 heterocycles. The molecule has 0 unspecified atom stereocenters. The Bertz CT molecular complexity index is 1000. The Balaban J connectivity index is 1.41. The van der Waals surface area contributed by atoms with Crippen LogP contribution in [0.4, 0.5) is 5.69 Å². The van der Waals surface area contributed by atoms with Crippen molar-refractivity contribution in [2.24, 2.45) is 0 Å². The van der Waals surface area contributed by atoms with Gasteiger partial charge in [-0.05, 0) is 22.9 Å². The number of thiophene rings is 1. The lowest BCUT2D eigenvalue weighted by molar-refractivity contribution is -0.116. The predicted octanol–water partition coefficient (Wildman–Crippen LogP) is 4.52. The second-order valence-corrected chi connectivity index (χ2v) is 6.37. The molecule has 1 amide bonds. The van der Waals surface area contributed by atoms with Crippen molar-refractivity contribution in [3.63, 3.8) is 0 Å². The van der Waals surface area contributed by atoms with Crippen LogP contribution in [0.5, 0.6) is 0 Å². The highest BCUT2D eigenvalue weighted by Crippen LogP contribution is 2.23. The molecule has 0 bridgehead atoms. The topological polar surface area (TPSA) is 68.0 Å². The molecule has 1 N–H and O–H groups in total. The molecule has 25 heavy (non-hydrogen) atoms. The average Bonchev–Trinajstić information content (AvgIpc) is 3.32. The molecule has 0 aliphatic heterocycles. The fourth-order valence-corrected chi connectivity index (χ4v) is 3.25. The van der Waals surface area contributed by atoms with Gasteiger partial charge in [0.2, 0.25) is 17.7 Å². The Morgan fingerprint density at radius 1 is 1.08 bits per heavy atom. The number of carbonyl (C=O) groups excluding carboxylic acids is 1. The van der Waals surface area contributed by atoms with Crippen molar-refractivity contribution in [1.82, 2.24) is 10.2 Å². The molecule has 2 aromatic heterocycles. The summed E-state index contributed by atoms with van der Waals surface area (Å²) < 4.78 is 5.60. The minimum atomic E-state index is -0.0772. The van der Waals surface area contributed by atoms with Crippen LogP contribution in [-0.2, 0) is 11.2 Å². The van der Waals surface area contributed by atoms with Crippen LogP contribution in [0.15, 0.2) is 63.7 Å². The molecule has 2 aromatic carbocycles. The first kappa shape index (κ1) is 15.5. The third kappa shape index (κ3) is 3.44. The minimum Gasteiger partial charge on any atom is -0.421 e. The van der Waals surface area contributed by atoms with Gasteiger partial charge >= 0.3 is 0 Å². The van der Waals surface area contributed by atoms with E-state index in [-0.39, 0.29) is 12.3 Å². The summed E-state index contributed by atoms with van der Waals surface area (Å²) in [5.74, 6) is 0.881. The fraction of sp³-hybridized carbons (Fsp3) is 0.105. The number of rotatable bonds is 5. The van der Waals surface area contributed by atoms with Crippen molar-refractivity contribution in [2.75, 3.05) is 5.32 Å². The van der Waals surface area contributed by atoms with Crippen LogP contribution in [0.1, 0.15) is 12.3 Å². The van der Waals surface area contributed by atoms with Crippen molar-refractivity contribution < 1.29 is 9.21 Å². The molecule has 4 rings (SSSR count). The molecular weight excluding hydrogens is 334 g/mol. The van der Waals surface area contributed by atoms with Gasteiger partial charge in [-0.3, -0.25) is 4.79 Å². The summed E-state index contributed by atoms with van der Waals surface area (Å²) in [5.41, 5.74) is 1.72. The summed E-state index contributed by atoms with van der Waals surface area (Å²) >= 11 is 1.57. The third-order valence-corrected chi connectivity index (χ3v) is 4.55. The summed E-state index contributed by atoms with van der Waals surface area (Å²) in [7, 11) is 0. The highest BCUT2D eigenvalue weighted by Gasteiger charge is 2.11. The smallest absolute Gasteiger partial charge is 0.248 e. The summed E-state index contributed by atoms with van der Waals surface area (Å²) in [6.07, 6.45) is 0.697. The fourth-order valence-electron chi connectivity index (χ4n) is 2.63. The number of hydrogen-bond acceptors (Lipinski definition) is 5. The Morgan fingerprint density at radius 3 is 2.84 bits per heavy atom. The Kier molecular flexibility index (Phi) is 4.26. The third-order valence-electron chi connectivity index (χ3n) is 3.86. The van der Waals surface area contributed by atoms with Gasteiger partial charge in [-0.15, -0.1) is 10.2 Å². The van der Waals surface area contributed by atoms with Gasteiger partial charge < -0.3 is 9.73 Å². The van der Waals surface area contributed by atoms with Crippen molar-refractivity contribution in [3.05, 3.63) is 65.2 Å². The number of nitrogens with one attached hydrogen (secondary N) is 1. The molecule has 0 atom stereocenters. The molecule has 0 aliphatic carbocycles. The lowest BCUT2D eigenvalue weighted by Crippen LogP contribution is -2.12. The molecule has 0 radical (unpaired) electrons. The number of benzene rings is 2. The first-order chi connectivity index (χ1) is 12.3. The van der Waals surface area contributed by atoms with Gasteiger partial charge in [-0.2, -0.15) is 11.3 Å². The number of aromatic nitrogens is 2. The van der Waals surface area contributed by atoms with Gasteiger partial charge in [-0.25, -0.2) is 0 Å². The van der Waals surface area contributed by atoms with Gasteiger partial charge in [-0.1, -0.05) is 36.4 Å². The second kappa shape index (κ2) is 6.86. The Morgan fingerprint density at radius 2 is 1.96 bits per heavy atom. The maximum absolute atomic E-state index is 12.3. The van der Waals surface area contributed by atoms with E-state index in [2.05, 4.69) is 15.5 Å². The van der Waals surface area contributed by atoms with Crippen molar-refractivity contribution in [2.45, 2.75) is 12.8 Å². The quantitative estimate of drug-likeness (QED) is 0.575. The van der Waals surface area contributed by atoms with E-state index in [1.807, 2.05) is 59.3 Å². The zero-order chi connectivity index (χ0) is 17.1. The summed E-state index contributed by atoms with van der Waals surface area (Å²) in [6, 6.07) is 15.7. The minimum absolute atomic E-state index is 0.0772. The molecule has 0 saturated carbocycles. The number of amides is 1. The van der Waals surface area contributed by atoms with E-state index in [0.717, 1.165) is 22.0 Å². The molecule has 5 nitrogen and oxygen atoms in total. The van der Waals surface area contributed by atoms with Crippen molar-refractivity contribution in [3.8, 4) is 11.5 Å². The van der Waals surface area contributed by atoms with Gasteiger partial charge in [0.1, 0.15) is 0 Å². The van der Waals surface area contributed by atoms with Crippen LogP contribution in [0.2, 0.25) is 0 Å². The molecule has 0 saturated heterocycles. The predicted molar refractivity (Wildman–Crippen MR) is 98.5 cm³/mol. The van der Waals surface area contributed by atoms with E-state index in [1.54, 1.807) is 11.3 Å². The number of anilines is 1. The summed E-state index contributed by atoms with van der Waals surface area (Å²) in [5, 5.41) is 17.0. The molecule has 124 valence electrons. The lowest BCUT2D eigenvalue weighted by Gasteiger charge is -2.08. The molecule has 6 heteroatoms. The second-order valence-electron chi connectivity index (χ2n) is 5.59. The van der Waals surface area contributed by atoms with E-state index < -0.39 is 0 Å². The first-order valence-corrected chi connectivity index (χ1v) is 8.86. The van der Waals surface area contributed by atoms with Crippen molar-refractivity contribution in [1.29, 1.82) is 0 Å². The van der Waals surface area contributed by atoms with E-state index in [0.29, 0.717) is 18.2 Å². The highest BCUT2D eigenvalue weighted by atomic mass is 32.1. The number of fused-ring (bicyclic) bond motifs is 1. The van der Waals surface area contributed by atoms with Gasteiger partial charge in [0, 0.05) is 34.9 Å². The molecule has 0 spiro atoms. The standard InChI is InChI=1S/C19H15N3O2S/c23-17(20-16-7-3-5-13-4-1-2-6-15(13)16)8-9-18-21-22-19(24-18)14-10-11-25-12-14/h1-7,10-12H,8-9H2,(H,20,23). The van der Waals surface area contributed by atoms with E-state index in [1.165, 1.54) is 0 Å². The molecule has 4 aromatic rings. The van der Waals surface area contributed by atoms with Crippen LogP contribution in [0.3, 0.4) is 0 Å². The maximum atomic E-state index is 12.3. The van der Waals surface area contributed by atoms with Gasteiger partial charge in [0.05, 0.1) is 0 Å². The Hall–Kier alpha value is -2.99. The lowest BCUT2D eigenvalue weighted by atomic mass is 10.1. The van der Waals surface area contributed by atoms with Crippen LogP contribution >= 0.6 is 11.3 Å². The highest BCUT2D eigenvalue weighted by molar-refractivity contribution is 7.08. The van der Waals surface area contributed by atoms with Crippen LogP contribution in [0, 0.1) is 0 Å². The number of nitrogens with zero attached hydrogens (tertiary/aromatic N) is 2. The van der Waals surface area contributed by atoms with E-state index >= 15 is 0 Å². The van der Waals surface area contributed by atoms with Crippen LogP contribution < -0.4 is 5.32 Å². The molecule has 0 fully saturated rings. The van der Waals surface area contributed by atoms with Crippen LogP contribution in [0.25, 0.3) is 22.2 Å². The zero-order valence-corrected chi connectivity index (χ0v) is 14.1. The number of carbonyl (C=O) groups is 1. The SMILES string of the molecule is O=C(CCc1nnc(-c2ccsc2)o1)Nc1cccc2ccccc12. The van der Waals surface area contributed by atoms with Gasteiger partial charge in [0.15, 0.2) is 0 Å². The monoisotopic (exact) mass is 349 g/mol.